The summed E-state index contributed by atoms with van der Waals surface area (Å²) in [4.78, 5) is 0. The van der Waals surface area contributed by atoms with E-state index < -0.39 is 0 Å². The molecule has 0 aliphatic carbocycles. The van der Waals surface area contributed by atoms with Crippen LogP contribution in [0, 0.1) is 12.8 Å². The van der Waals surface area contributed by atoms with Gasteiger partial charge in [-0.2, -0.15) is 0 Å². The van der Waals surface area contributed by atoms with E-state index in [0.29, 0.717) is 5.92 Å². The summed E-state index contributed by atoms with van der Waals surface area (Å²) < 4.78 is 5.56. The minimum Gasteiger partial charge on any atom is -0.490 e. The standard InChI is InChI=1S/C11H15O/c1-9(2)10(3)12-11-7-5-4-6-8-11/h4-10H,3H2,1-2H3. The van der Waals surface area contributed by atoms with Gasteiger partial charge in [0.25, 0.3) is 0 Å². The summed E-state index contributed by atoms with van der Waals surface area (Å²) in [5, 5.41) is 0. The van der Waals surface area contributed by atoms with Gasteiger partial charge in [0.05, 0.1) is 0 Å². The lowest BCUT2D eigenvalue weighted by Crippen LogP contribution is -2.18. The largest absolute Gasteiger partial charge is 0.490 e. The molecule has 12 heavy (non-hydrogen) atoms. The van der Waals surface area contributed by atoms with E-state index in [1.165, 1.54) is 0 Å². The Morgan fingerprint density at radius 2 is 1.75 bits per heavy atom. The normalized spacial score (nSPS) is 13.0. The second-order valence-corrected chi connectivity index (χ2v) is 3.21. The SMILES string of the molecule is [CH2]C(Oc1ccccc1)C(C)C. The molecule has 0 aromatic heterocycles. The predicted molar refractivity (Wildman–Crippen MR) is 51.1 cm³/mol. The fourth-order valence-corrected chi connectivity index (χ4v) is 0.810. The molecule has 1 nitrogen and oxygen atoms in total. The highest BCUT2D eigenvalue weighted by molar-refractivity contribution is 5.21. The molecule has 0 heterocycles. The molecular weight excluding hydrogens is 148 g/mol. The summed E-state index contributed by atoms with van der Waals surface area (Å²) in [7, 11) is 0. The van der Waals surface area contributed by atoms with Gasteiger partial charge in [-0.25, -0.2) is 0 Å². The van der Waals surface area contributed by atoms with Crippen LogP contribution < -0.4 is 4.74 Å². The monoisotopic (exact) mass is 163 g/mol. The van der Waals surface area contributed by atoms with Crippen molar-refractivity contribution in [1.29, 1.82) is 0 Å². The molecule has 0 amide bonds. The number of rotatable bonds is 3. The number of hydrogen-bond donors (Lipinski definition) is 0. The summed E-state index contributed by atoms with van der Waals surface area (Å²) >= 11 is 0. The van der Waals surface area contributed by atoms with Gasteiger partial charge in [-0.05, 0) is 25.0 Å². The number of hydrogen-bond acceptors (Lipinski definition) is 1. The van der Waals surface area contributed by atoms with E-state index in [2.05, 4.69) is 20.8 Å². The molecule has 0 saturated carbocycles. The highest BCUT2D eigenvalue weighted by atomic mass is 16.5. The number of para-hydroxylation sites is 1. The molecule has 0 bridgehead atoms. The first-order valence-electron chi connectivity index (χ1n) is 4.25. The minimum absolute atomic E-state index is 0.0346. The van der Waals surface area contributed by atoms with Crippen LogP contribution in [0.1, 0.15) is 13.8 Å². The summed E-state index contributed by atoms with van der Waals surface area (Å²) in [6, 6.07) is 9.78. The van der Waals surface area contributed by atoms with Gasteiger partial charge in [-0.3, -0.25) is 0 Å². The minimum atomic E-state index is 0.0346. The Kier molecular flexibility index (Phi) is 3.15. The van der Waals surface area contributed by atoms with Gasteiger partial charge in [-0.1, -0.05) is 32.0 Å². The molecule has 1 heteroatoms. The van der Waals surface area contributed by atoms with Crippen molar-refractivity contribution in [3.8, 4) is 5.75 Å². The Morgan fingerprint density at radius 3 is 2.25 bits per heavy atom. The third kappa shape index (κ3) is 2.57. The zero-order valence-corrected chi connectivity index (χ0v) is 7.66. The third-order valence-corrected chi connectivity index (χ3v) is 1.77. The summed E-state index contributed by atoms with van der Waals surface area (Å²) in [5.74, 6) is 1.34. The molecule has 1 radical (unpaired) electrons. The molecule has 0 fully saturated rings. The number of benzene rings is 1. The van der Waals surface area contributed by atoms with Crippen LogP contribution in [0.2, 0.25) is 0 Å². The van der Waals surface area contributed by atoms with Crippen LogP contribution in [0.3, 0.4) is 0 Å². The first-order chi connectivity index (χ1) is 5.70. The summed E-state index contributed by atoms with van der Waals surface area (Å²) in [6.45, 7) is 8.11. The fraction of sp³-hybridized carbons (Fsp3) is 0.364. The maximum absolute atomic E-state index is 5.56. The van der Waals surface area contributed by atoms with E-state index in [4.69, 9.17) is 4.74 Å². The second kappa shape index (κ2) is 4.15. The van der Waals surface area contributed by atoms with Gasteiger partial charge < -0.3 is 4.74 Å². The van der Waals surface area contributed by atoms with Crippen LogP contribution in [0.4, 0.5) is 0 Å². The topological polar surface area (TPSA) is 9.23 Å². The van der Waals surface area contributed by atoms with Crippen molar-refractivity contribution in [3.63, 3.8) is 0 Å². The highest BCUT2D eigenvalue weighted by Gasteiger charge is 2.07. The highest BCUT2D eigenvalue weighted by Crippen LogP contribution is 2.14. The molecule has 1 aromatic carbocycles. The van der Waals surface area contributed by atoms with Gasteiger partial charge in [0.1, 0.15) is 11.9 Å². The van der Waals surface area contributed by atoms with E-state index in [1.807, 2.05) is 30.3 Å². The van der Waals surface area contributed by atoms with E-state index in [-0.39, 0.29) is 6.10 Å². The van der Waals surface area contributed by atoms with E-state index in [0.717, 1.165) is 5.75 Å². The lowest BCUT2D eigenvalue weighted by molar-refractivity contribution is 0.195. The fourth-order valence-electron chi connectivity index (χ4n) is 0.810. The van der Waals surface area contributed by atoms with Gasteiger partial charge >= 0.3 is 0 Å². The van der Waals surface area contributed by atoms with Crippen molar-refractivity contribution < 1.29 is 4.74 Å². The van der Waals surface area contributed by atoms with Gasteiger partial charge in [0.2, 0.25) is 0 Å². The maximum atomic E-state index is 5.56. The van der Waals surface area contributed by atoms with Crippen LogP contribution in [0.15, 0.2) is 30.3 Å². The van der Waals surface area contributed by atoms with Crippen molar-refractivity contribution in [1.82, 2.24) is 0 Å². The molecular formula is C11H15O. The lowest BCUT2D eigenvalue weighted by Gasteiger charge is -2.17. The molecule has 0 saturated heterocycles. The molecule has 1 atom stereocenters. The quantitative estimate of drug-likeness (QED) is 0.665. The first kappa shape index (κ1) is 9.11. The second-order valence-electron chi connectivity index (χ2n) is 3.21. The maximum Gasteiger partial charge on any atom is 0.119 e. The zero-order chi connectivity index (χ0) is 8.97. The Hall–Kier alpha value is -0.980. The van der Waals surface area contributed by atoms with E-state index in [9.17, 15) is 0 Å². The van der Waals surface area contributed by atoms with Crippen molar-refractivity contribution >= 4 is 0 Å². The third-order valence-electron chi connectivity index (χ3n) is 1.77. The van der Waals surface area contributed by atoms with E-state index in [1.54, 1.807) is 0 Å². The molecule has 0 spiro atoms. The van der Waals surface area contributed by atoms with E-state index >= 15 is 0 Å². The Morgan fingerprint density at radius 1 is 1.17 bits per heavy atom. The summed E-state index contributed by atoms with van der Waals surface area (Å²) in [6.07, 6.45) is 0.0346. The smallest absolute Gasteiger partial charge is 0.119 e. The molecule has 0 aliphatic rings. The van der Waals surface area contributed by atoms with Crippen LogP contribution in [-0.2, 0) is 0 Å². The average molecular weight is 163 g/mol. The van der Waals surface area contributed by atoms with Crippen molar-refractivity contribution in [2.75, 3.05) is 0 Å². The summed E-state index contributed by atoms with van der Waals surface area (Å²) in [5.41, 5.74) is 0. The van der Waals surface area contributed by atoms with Crippen LogP contribution in [0.5, 0.6) is 5.75 Å². The van der Waals surface area contributed by atoms with Gasteiger partial charge in [-0.15, -0.1) is 0 Å². The number of ether oxygens (including phenoxy) is 1. The van der Waals surface area contributed by atoms with Crippen molar-refractivity contribution in [2.24, 2.45) is 5.92 Å². The first-order valence-corrected chi connectivity index (χ1v) is 4.25. The molecule has 1 rings (SSSR count). The predicted octanol–water partition coefficient (Wildman–Crippen LogP) is 2.92. The molecule has 65 valence electrons. The van der Waals surface area contributed by atoms with Crippen molar-refractivity contribution in [3.05, 3.63) is 37.3 Å². The Balaban J connectivity index is 2.53. The van der Waals surface area contributed by atoms with Gasteiger partial charge in [0, 0.05) is 0 Å². The van der Waals surface area contributed by atoms with Crippen molar-refractivity contribution in [2.45, 2.75) is 20.0 Å². The zero-order valence-electron chi connectivity index (χ0n) is 7.66. The van der Waals surface area contributed by atoms with Crippen LogP contribution >= 0.6 is 0 Å². The average Bonchev–Trinajstić information content (AvgIpc) is 2.06. The van der Waals surface area contributed by atoms with Crippen LogP contribution in [-0.4, -0.2) is 6.10 Å². The Bertz CT molecular complexity index is 216. The Labute approximate surface area is 74.4 Å². The lowest BCUT2D eigenvalue weighted by atomic mass is 10.1. The molecule has 1 unspecified atom stereocenters. The molecule has 0 aliphatic heterocycles. The van der Waals surface area contributed by atoms with Crippen LogP contribution in [0.25, 0.3) is 0 Å². The van der Waals surface area contributed by atoms with Gasteiger partial charge in [0.15, 0.2) is 0 Å². The molecule has 1 aromatic rings. The molecule has 0 N–H and O–H groups in total.